The number of amides is 1. The van der Waals surface area contributed by atoms with Gasteiger partial charge in [-0.25, -0.2) is 4.98 Å². The van der Waals surface area contributed by atoms with Gasteiger partial charge in [0.1, 0.15) is 0 Å². The fraction of sp³-hybridized carbons (Fsp3) is 0.333. The minimum atomic E-state index is 0.102. The van der Waals surface area contributed by atoms with Gasteiger partial charge in [0, 0.05) is 25.5 Å². The van der Waals surface area contributed by atoms with Crippen LogP contribution in [-0.4, -0.2) is 48.4 Å². The van der Waals surface area contributed by atoms with E-state index >= 15 is 0 Å². The summed E-state index contributed by atoms with van der Waals surface area (Å²) in [6.07, 6.45) is 9.60. The van der Waals surface area contributed by atoms with E-state index in [0.29, 0.717) is 11.7 Å². The van der Waals surface area contributed by atoms with Crippen LogP contribution in [-0.2, 0) is 11.2 Å². The van der Waals surface area contributed by atoms with Gasteiger partial charge in [-0.3, -0.25) is 4.79 Å². The summed E-state index contributed by atoms with van der Waals surface area (Å²) in [5.74, 6) is 0.102. The van der Waals surface area contributed by atoms with Crippen molar-refractivity contribution in [2.45, 2.75) is 25.3 Å². The predicted molar refractivity (Wildman–Crippen MR) is 92.1 cm³/mol. The van der Waals surface area contributed by atoms with E-state index in [2.05, 4.69) is 19.7 Å². The van der Waals surface area contributed by atoms with Gasteiger partial charge in [-0.2, -0.15) is 15.0 Å². The van der Waals surface area contributed by atoms with Crippen LogP contribution in [0.15, 0.2) is 55.2 Å². The predicted octanol–water partition coefficient (Wildman–Crippen LogP) is 1.87. The van der Waals surface area contributed by atoms with E-state index in [0.717, 1.165) is 31.6 Å². The molecule has 0 saturated carbocycles. The molecule has 1 fully saturated rings. The highest BCUT2D eigenvalue weighted by molar-refractivity contribution is 5.78. The first-order chi connectivity index (χ1) is 12.3. The molecule has 4 rings (SSSR count). The van der Waals surface area contributed by atoms with Crippen molar-refractivity contribution in [3.63, 3.8) is 0 Å². The first kappa shape index (κ1) is 15.6. The summed E-state index contributed by atoms with van der Waals surface area (Å²) < 4.78 is 2.09. The molecule has 1 amide bonds. The molecule has 7 nitrogen and oxygen atoms in total. The van der Waals surface area contributed by atoms with Gasteiger partial charge >= 0.3 is 0 Å². The lowest BCUT2D eigenvalue weighted by atomic mass is 10.1. The second-order valence-corrected chi connectivity index (χ2v) is 6.28. The molecule has 0 unspecified atom stereocenters. The van der Waals surface area contributed by atoms with Crippen molar-refractivity contribution >= 4 is 5.91 Å². The van der Waals surface area contributed by atoms with Crippen LogP contribution in [0.5, 0.6) is 0 Å². The summed E-state index contributed by atoms with van der Waals surface area (Å²) in [5.41, 5.74) is 1.58. The van der Waals surface area contributed by atoms with Gasteiger partial charge in [0.05, 0.1) is 36.4 Å². The second-order valence-electron chi connectivity index (χ2n) is 6.28. The number of nitrogens with zero attached hydrogens (tertiary/aromatic N) is 6. The Hall–Kier alpha value is -2.96. The van der Waals surface area contributed by atoms with Crippen LogP contribution in [0.2, 0.25) is 0 Å². The fourth-order valence-electron chi connectivity index (χ4n) is 3.24. The Bertz CT molecular complexity index is 826. The molecular weight excluding hydrogens is 316 g/mol. The maximum atomic E-state index is 12.7. The maximum absolute atomic E-state index is 12.7. The normalized spacial score (nSPS) is 17.6. The molecule has 7 heteroatoms. The number of aromatic nitrogens is 5. The van der Waals surface area contributed by atoms with E-state index in [-0.39, 0.29) is 12.3 Å². The van der Waals surface area contributed by atoms with E-state index in [1.54, 1.807) is 17.2 Å². The van der Waals surface area contributed by atoms with Crippen molar-refractivity contribution in [3.05, 3.63) is 60.9 Å². The smallest absolute Gasteiger partial charge is 0.228 e. The minimum Gasteiger partial charge on any atom is -0.340 e. The highest BCUT2D eigenvalue weighted by atomic mass is 16.2. The Morgan fingerprint density at radius 1 is 1.24 bits per heavy atom. The van der Waals surface area contributed by atoms with E-state index < -0.39 is 0 Å². The zero-order valence-corrected chi connectivity index (χ0v) is 13.9. The Labute approximate surface area is 145 Å². The van der Waals surface area contributed by atoms with Gasteiger partial charge in [0.15, 0.2) is 0 Å². The molecule has 1 aliphatic heterocycles. The molecule has 1 aromatic carbocycles. The number of likely N-dealkylation sites (tertiary alicyclic amines) is 1. The molecule has 1 saturated heterocycles. The van der Waals surface area contributed by atoms with Crippen molar-refractivity contribution in [3.8, 4) is 5.69 Å². The molecule has 0 aliphatic carbocycles. The lowest BCUT2D eigenvalue weighted by Crippen LogP contribution is -2.41. The first-order valence-corrected chi connectivity index (χ1v) is 8.51. The molecule has 128 valence electrons. The number of para-hydroxylation sites is 1. The molecule has 0 bridgehead atoms. The number of carbonyl (C=O) groups excluding carboxylic acids is 1. The molecule has 3 aromatic rings. The van der Waals surface area contributed by atoms with Gasteiger partial charge in [-0.15, -0.1) is 0 Å². The Morgan fingerprint density at radius 2 is 2.12 bits per heavy atom. The average Bonchev–Trinajstić information content (AvgIpc) is 3.35. The second kappa shape index (κ2) is 6.88. The molecule has 0 N–H and O–H groups in total. The lowest BCUT2D eigenvalue weighted by Gasteiger charge is -2.33. The summed E-state index contributed by atoms with van der Waals surface area (Å²) >= 11 is 0. The highest BCUT2D eigenvalue weighted by Crippen LogP contribution is 2.21. The molecule has 3 heterocycles. The molecule has 1 atom stereocenters. The summed E-state index contributed by atoms with van der Waals surface area (Å²) in [5, 5.41) is 8.69. The highest BCUT2D eigenvalue weighted by Gasteiger charge is 2.25. The Morgan fingerprint density at radius 3 is 2.92 bits per heavy atom. The van der Waals surface area contributed by atoms with Gasteiger partial charge in [-0.1, -0.05) is 18.2 Å². The van der Waals surface area contributed by atoms with Crippen molar-refractivity contribution in [2.75, 3.05) is 13.1 Å². The molecule has 0 radical (unpaired) electrons. The van der Waals surface area contributed by atoms with E-state index in [1.807, 2.05) is 47.8 Å². The number of rotatable bonds is 4. The quantitative estimate of drug-likeness (QED) is 0.729. The van der Waals surface area contributed by atoms with Crippen LogP contribution >= 0.6 is 0 Å². The Kier molecular flexibility index (Phi) is 4.28. The zero-order valence-electron chi connectivity index (χ0n) is 13.9. The third-order valence-electron chi connectivity index (χ3n) is 4.55. The van der Waals surface area contributed by atoms with Gasteiger partial charge in [0.25, 0.3) is 0 Å². The van der Waals surface area contributed by atoms with Crippen LogP contribution in [0.1, 0.15) is 24.6 Å². The van der Waals surface area contributed by atoms with Crippen LogP contribution < -0.4 is 0 Å². The van der Waals surface area contributed by atoms with Gasteiger partial charge < -0.3 is 9.47 Å². The number of hydrogen-bond acceptors (Lipinski definition) is 4. The third-order valence-corrected chi connectivity index (χ3v) is 4.55. The van der Waals surface area contributed by atoms with Gasteiger partial charge in [0.2, 0.25) is 5.91 Å². The first-order valence-electron chi connectivity index (χ1n) is 8.51. The summed E-state index contributed by atoms with van der Waals surface area (Å²) in [6.45, 7) is 1.53. The molecule has 1 aliphatic rings. The number of piperidine rings is 1. The Balaban J connectivity index is 1.41. The summed E-state index contributed by atoms with van der Waals surface area (Å²) in [4.78, 5) is 20.2. The summed E-state index contributed by atoms with van der Waals surface area (Å²) in [7, 11) is 0. The topological polar surface area (TPSA) is 68.8 Å². The van der Waals surface area contributed by atoms with Crippen LogP contribution in [0.25, 0.3) is 5.69 Å². The van der Waals surface area contributed by atoms with E-state index in [1.165, 1.54) is 0 Å². The summed E-state index contributed by atoms with van der Waals surface area (Å²) in [6, 6.07) is 10.0. The van der Waals surface area contributed by atoms with E-state index in [4.69, 9.17) is 0 Å². The van der Waals surface area contributed by atoms with Crippen LogP contribution in [0, 0.1) is 0 Å². The zero-order chi connectivity index (χ0) is 17.1. The van der Waals surface area contributed by atoms with Crippen molar-refractivity contribution in [2.24, 2.45) is 0 Å². The van der Waals surface area contributed by atoms with Crippen molar-refractivity contribution < 1.29 is 4.79 Å². The molecule has 0 spiro atoms. The van der Waals surface area contributed by atoms with Crippen molar-refractivity contribution in [1.29, 1.82) is 0 Å². The molecule has 25 heavy (non-hydrogen) atoms. The number of benzene rings is 1. The molecule has 2 aromatic heterocycles. The van der Waals surface area contributed by atoms with Gasteiger partial charge in [-0.05, 0) is 25.0 Å². The number of imidazole rings is 1. The van der Waals surface area contributed by atoms with Crippen molar-refractivity contribution in [1.82, 2.24) is 29.4 Å². The molecular formula is C18H20N6O. The monoisotopic (exact) mass is 336 g/mol. The third kappa shape index (κ3) is 3.45. The average molecular weight is 336 g/mol. The maximum Gasteiger partial charge on any atom is 0.228 e. The standard InChI is InChI=1S/C18H20N6O/c25-18(22-9-4-7-17(13-22)23-10-8-19-14-23)11-15-12-20-24(21-15)16-5-2-1-3-6-16/h1-3,5-6,8,10,12,14,17H,4,7,9,11,13H2/t17-/m1/s1. The largest absolute Gasteiger partial charge is 0.340 e. The van der Waals surface area contributed by atoms with E-state index in [9.17, 15) is 4.79 Å². The minimum absolute atomic E-state index is 0.102. The fourth-order valence-corrected chi connectivity index (χ4v) is 3.24. The van der Waals surface area contributed by atoms with Crippen LogP contribution in [0.3, 0.4) is 0 Å². The SMILES string of the molecule is O=C(Cc1cnn(-c2ccccc2)n1)N1CCC[C@@H](n2ccnc2)C1. The number of hydrogen-bond donors (Lipinski definition) is 0. The van der Waals surface area contributed by atoms with Crippen LogP contribution in [0.4, 0.5) is 0 Å². The lowest BCUT2D eigenvalue weighted by molar-refractivity contribution is -0.132. The number of carbonyl (C=O) groups is 1.